The molecular weight excluding hydrogens is 762 g/mol. The Kier molecular flexibility index (Phi) is 11.2. The number of benzene rings is 4. The monoisotopic (exact) mass is 813 g/mol. The summed E-state index contributed by atoms with van der Waals surface area (Å²) < 4.78 is 49.0. The molecule has 4 fully saturated rings. The summed E-state index contributed by atoms with van der Waals surface area (Å²) in [5.74, 6) is 1.24. The quantitative estimate of drug-likeness (QED) is 0.179. The molecule has 0 radical (unpaired) electrons. The average Bonchev–Trinajstić information content (AvgIpc) is 3.79. The summed E-state index contributed by atoms with van der Waals surface area (Å²) in [5, 5.41) is 5.37. The number of nitrogens with zero attached hydrogens (tertiary/aromatic N) is 2. The van der Waals surface area contributed by atoms with Gasteiger partial charge in [0.2, 0.25) is 15.9 Å². The largest absolute Gasteiger partial charge is 0.490 e. The molecule has 302 valence electrons. The van der Waals surface area contributed by atoms with Crippen LogP contribution in [0.2, 0.25) is 5.02 Å². The zero-order valence-electron chi connectivity index (χ0n) is 32.9. The second-order valence-corrected chi connectivity index (χ2v) is 19.4. The third kappa shape index (κ3) is 8.91. The van der Waals surface area contributed by atoms with E-state index in [2.05, 4.69) is 5.32 Å². The van der Waals surface area contributed by atoms with Crippen LogP contribution < -0.4 is 14.8 Å². The number of piperidine rings is 2. The molecule has 2 bridgehead atoms. The van der Waals surface area contributed by atoms with E-state index in [4.69, 9.17) is 25.8 Å². The molecule has 4 aromatic rings. The normalized spacial score (nSPS) is 24.4. The lowest BCUT2D eigenvalue weighted by molar-refractivity contribution is -0.142. The fraction of sp³-hybridized carbons (Fsp3) is 0.467. The van der Waals surface area contributed by atoms with E-state index in [9.17, 15) is 18.0 Å². The Balaban J connectivity index is 1.03. The van der Waals surface area contributed by atoms with Gasteiger partial charge in [0.05, 0.1) is 11.0 Å². The number of hydrogen-bond donors (Lipinski definition) is 1. The minimum atomic E-state index is -4.09. The summed E-state index contributed by atoms with van der Waals surface area (Å²) in [6, 6.07) is 25.0. The highest BCUT2D eigenvalue weighted by atomic mass is 35.5. The first-order chi connectivity index (χ1) is 27.3. The van der Waals surface area contributed by atoms with Crippen molar-refractivity contribution in [3.8, 4) is 22.6 Å². The highest BCUT2D eigenvalue weighted by molar-refractivity contribution is 7.89. The lowest BCUT2D eigenvalue weighted by Gasteiger charge is -2.44. The van der Waals surface area contributed by atoms with E-state index in [0.29, 0.717) is 30.0 Å². The molecule has 12 heteroatoms. The third-order valence-electron chi connectivity index (χ3n) is 11.8. The van der Waals surface area contributed by atoms with Crippen LogP contribution in [0.1, 0.15) is 85.0 Å². The molecule has 57 heavy (non-hydrogen) atoms. The van der Waals surface area contributed by atoms with Crippen molar-refractivity contribution in [2.45, 2.75) is 132 Å². The number of sulfonamides is 1. The van der Waals surface area contributed by atoms with Crippen molar-refractivity contribution in [2.24, 2.45) is 0 Å². The Bertz CT molecular complexity index is 2190. The fourth-order valence-electron chi connectivity index (χ4n) is 9.16. The van der Waals surface area contributed by atoms with Gasteiger partial charge in [-0.15, -0.1) is 0 Å². The maximum absolute atomic E-state index is 14.9. The Hall–Kier alpha value is -4.32. The van der Waals surface area contributed by atoms with Crippen molar-refractivity contribution in [2.75, 3.05) is 6.54 Å². The van der Waals surface area contributed by atoms with Gasteiger partial charge in [0.15, 0.2) is 0 Å². The van der Waals surface area contributed by atoms with Crippen LogP contribution in [-0.2, 0) is 19.6 Å². The summed E-state index contributed by atoms with van der Waals surface area (Å²) >= 11 is 6.09. The minimum absolute atomic E-state index is 0.122. The number of carbonyl (C=O) groups excluding carboxylic acids is 2. The third-order valence-corrected chi connectivity index (χ3v) is 14.0. The number of alkyl carbamates (subject to hydrolysis) is 1. The van der Waals surface area contributed by atoms with E-state index in [1.54, 1.807) is 12.1 Å². The fourth-order valence-corrected chi connectivity index (χ4v) is 10.9. The number of halogens is 1. The molecule has 4 aliphatic rings. The van der Waals surface area contributed by atoms with Crippen molar-refractivity contribution in [1.29, 1.82) is 0 Å². The van der Waals surface area contributed by atoms with E-state index in [1.807, 2.05) is 98.5 Å². The topological polar surface area (TPSA) is 114 Å². The lowest BCUT2D eigenvalue weighted by atomic mass is 9.94. The summed E-state index contributed by atoms with van der Waals surface area (Å²) in [6.07, 6.45) is 7.20. The van der Waals surface area contributed by atoms with Gasteiger partial charge in [-0.25, -0.2) is 13.2 Å². The van der Waals surface area contributed by atoms with Gasteiger partial charge in [-0.2, -0.15) is 4.31 Å². The van der Waals surface area contributed by atoms with Crippen molar-refractivity contribution >= 4 is 44.4 Å². The van der Waals surface area contributed by atoms with Gasteiger partial charge in [0.1, 0.15) is 29.2 Å². The molecule has 0 spiro atoms. The molecule has 4 atom stereocenters. The maximum Gasteiger partial charge on any atom is 0.407 e. The molecule has 1 saturated carbocycles. The van der Waals surface area contributed by atoms with Crippen molar-refractivity contribution in [1.82, 2.24) is 14.5 Å². The predicted octanol–water partition coefficient (Wildman–Crippen LogP) is 9.13. The number of amides is 2. The average molecular weight is 814 g/mol. The molecule has 3 heterocycles. The van der Waals surface area contributed by atoms with Crippen molar-refractivity contribution in [3.05, 3.63) is 90.0 Å². The van der Waals surface area contributed by atoms with Crippen molar-refractivity contribution < 1.29 is 32.2 Å². The molecule has 2 unspecified atom stereocenters. The van der Waals surface area contributed by atoms with Crippen LogP contribution in [0.5, 0.6) is 11.5 Å². The summed E-state index contributed by atoms with van der Waals surface area (Å²) in [6.45, 7) is 5.62. The molecule has 3 aliphatic heterocycles. The molecule has 10 nitrogen and oxygen atoms in total. The molecule has 1 aliphatic carbocycles. The first kappa shape index (κ1) is 39.5. The van der Waals surface area contributed by atoms with Gasteiger partial charge in [-0.05, 0) is 149 Å². The Morgan fingerprint density at radius 3 is 1.98 bits per heavy atom. The van der Waals surface area contributed by atoms with Gasteiger partial charge >= 0.3 is 6.09 Å². The van der Waals surface area contributed by atoms with Gasteiger partial charge in [-0.3, -0.25) is 4.79 Å². The molecule has 4 aromatic carbocycles. The zero-order chi connectivity index (χ0) is 39.9. The maximum atomic E-state index is 14.9. The highest BCUT2D eigenvalue weighted by Crippen LogP contribution is 2.39. The predicted molar refractivity (Wildman–Crippen MR) is 221 cm³/mol. The van der Waals surface area contributed by atoms with E-state index in [1.165, 1.54) is 17.1 Å². The number of ether oxygens (including phenoxy) is 3. The lowest BCUT2D eigenvalue weighted by Crippen LogP contribution is -2.60. The molecule has 8 rings (SSSR count). The summed E-state index contributed by atoms with van der Waals surface area (Å²) in [7, 11) is -4.09. The van der Waals surface area contributed by atoms with E-state index in [-0.39, 0.29) is 54.1 Å². The summed E-state index contributed by atoms with van der Waals surface area (Å²) in [4.78, 5) is 29.6. The van der Waals surface area contributed by atoms with Crippen LogP contribution in [0.3, 0.4) is 0 Å². The number of carbonyl (C=O) groups is 2. The number of rotatable bonds is 9. The standard InChI is InChI=1S/C45H52ClN3O7S/c1-45(2,3)56-44(51)47-34-26-35-16-17-36(27-34)49(35)43(50)42-28-40(55-38-18-10-30(11-19-38)29-8-14-33(46)15-9-29)22-23-48(42)57(52,53)41-21-13-31-24-39(20-12-32(31)25-41)54-37-6-4-5-7-37/h8-15,18-21,24-25,34-37,40,42H,4-7,16-17,22-23,26-28H2,1-3H3,(H,47,51)/t34?,35?,36?,40-,42+/m1/s1. The second-order valence-electron chi connectivity index (χ2n) is 17.1. The number of hydrogen-bond acceptors (Lipinski definition) is 7. The van der Waals surface area contributed by atoms with Crippen LogP contribution in [-0.4, -0.2) is 78.1 Å². The number of fused-ring (bicyclic) bond motifs is 3. The van der Waals surface area contributed by atoms with Crippen LogP contribution in [0, 0.1) is 0 Å². The van der Waals surface area contributed by atoms with Gasteiger partial charge < -0.3 is 24.4 Å². The van der Waals surface area contributed by atoms with E-state index >= 15 is 0 Å². The SMILES string of the molecule is CC(C)(C)OC(=O)NC1CC2CCC(C1)N2C(=O)[C@@H]1C[C@H](Oc2ccc(-c3ccc(Cl)cc3)cc2)CCN1S(=O)(=O)c1ccc2cc(OC3CCCC3)ccc2c1. The first-order valence-corrected chi connectivity index (χ1v) is 22.2. The molecule has 0 aromatic heterocycles. The zero-order valence-corrected chi connectivity index (χ0v) is 34.4. The van der Waals surface area contributed by atoms with Crippen LogP contribution in [0.25, 0.3) is 21.9 Å². The Morgan fingerprint density at radius 1 is 0.719 bits per heavy atom. The van der Waals surface area contributed by atoms with Crippen LogP contribution in [0.4, 0.5) is 4.79 Å². The molecule has 1 N–H and O–H groups in total. The first-order valence-electron chi connectivity index (χ1n) is 20.4. The Labute approximate surface area is 340 Å². The van der Waals surface area contributed by atoms with Gasteiger partial charge in [-0.1, -0.05) is 48.0 Å². The molecule has 2 amide bonds. The molecular formula is C45H52ClN3O7S. The van der Waals surface area contributed by atoms with Crippen LogP contribution in [0.15, 0.2) is 89.8 Å². The smallest absolute Gasteiger partial charge is 0.407 e. The van der Waals surface area contributed by atoms with Crippen LogP contribution >= 0.6 is 11.6 Å². The summed E-state index contributed by atoms with van der Waals surface area (Å²) in [5.41, 5.74) is 1.42. The Morgan fingerprint density at radius 2 is 1.32 bits per heavy atom. The van der Waals surface area contributed by atoms with Crippen molar-refractivity contribution in [3.63, 3.8) is 0 Å². The minimum Gasteiger partial charge on any atom is -0.490 e. The van der Waals surface area contributed by atoms with Gasteiger partial charge in [0, 0.05) is 36.1 Å². The second kappa shape index (κ2) is 16.1. The molecule has 3 saturated heterocycles. The number of nitrogens with one attached hydrogen (secondary N) is 1. The highest BCUT2D eigenvalue weighted by Gasteiger charge is 2.50. The van der Waals surface area contributed by atoms with Gasteiger partial charge in [0.25, 0.3) is 0 Å². The van der Waals surface area contributed by atoms with E-state index < -0.39 is 27.8 Å². The van der Waals surface area contributed by atoms with E-state index in [0.717, 1.165) is 53.3 Å².